The summed E-state index contributed by atoms with van der Waals surface area (Å²) in [6, 6.07) is 15.2. The average molecular weight is 384 g/mol. The first-order chi connectivity index (χ1) is 13.5. The molecule has 1 saturated heterocycles. The minimum Gasteiger partial charge on any atom is -0.383 e. The predicted molar refractivity (Wildman–Crippen MR) is 109 cm³/mol. The number of methoxy groups -OCH3 is 1. The SMILES string of the molecule is COCCNC(=O)[C@H]1C[C@H](c2cccc(C)c2)CN(Cc2cccc(F)c2)C1. The van der Waals surface area contributed by atoms with Gasteiger partial charge in [0.15, 0.2) is 0 Å². The van der Waals surface area contributed by atoms with Gasteiger partial charge < -0.3 is 10.1 Å². The Kier molecular flexibility index (Phi) is 7.18. The van der Waals surface area contributed by atoms with Gasteiger partial charge in [0.05, 0.1) is 12.5 Å². The zero-order valence-electron chi connectivity index (χ0n) is 16.7. The van der Waals surface area contributed by atoms with E-state index >= 15 is 0 Å². The van der Waals surface area contributed by atoms with Crippen LogP contribution in [0.2, 0.25) is 0 Å². The fourth-order valence-corrected chi connectivity index (χ4v) is 3.99. The minimum absolute atomic E-state index is 0.0682. The van der Waals surface area contributed by atoms with Gasteiger partial charge >= 0.3 is 0 Å². The lowest BCUT2D eigenvalue weighted by molar-refractivity contribution is -0.127. The summed E-state index contributed by atoms with van der Waals surface area (Å²) in [4.78, 5) is 15.0. The third kappa shape index (κ3) is 5.63. The summed E-state index contributed by atoms with van der Waals surface area (Å²) in [5, 5.41) is 2.98. The van der Waals surface area contributed by atoms with Crippen LogP contribution in [0, 0.1) is 18.7 Å². The summed E-state index contributed by atoms with van der Waals surface area (Å²) < 4.78 is 18.6. The summed E-state index contributed by atoms with van der Waals surface area (Å²) in [5.74, 6) is 0.0299. The monoisotopic (exact) mass is 384 g/mol. The van der Waals surface area contributed by atoms with Crippen molar-refractivity contribution in [3.63, 3.8) is 0 Å². The number of aryl methyl sites for hydroxylation is 1. The Morgan fingerprint density at radius 1 is 1.21 bits per heavy atom. The van der Waals surface area contributed by atoms with Crippen LogP contribution in [0.1, 0.15) is 29.0 Å². The van der Waals surface area contributed by atoms with Gasteiger partial charge in [-0.2, -0.15) is 0 Å². The first kappa shape index (κ1) is 20.5. The maximum absolute atomic E-state index is 13.6. The van der Waals surface area contributed by atoms with Gasteiger partial charge in [0.2, 0.25) is 5.91 Å². The first-order valence-corrected chi connectivity index (χ1v) is 9.85. The molecule has 1 aliphatic rings. The highest BCUT2D eigenvalue weighted by atomic mass is 19.1. The van der Waals surface area contributed by atoms with Gasteiger partial charge in [-0.15, -0.1) is 0 Å². The molecule has 2 aromatic carbocycles. The molecule has 1 fully saturated rings. The molecule has 1 heterocycles. The van der Waals surface area contributed by atoms with E-state index in [1.165, 1.54) is 17.2 Å². The maximum atomic E-state index is 13.6. The maximum Gasteiger partial charge on any atom is 0.224 e. The molecular formula is C23H29FN2O2. The zero-order chi connectivity index (χ0) is 19.9. The Bertz CT molecular complexity index is 796. The van der Waals surface area contributed by atoms with E-state index in [2.05, 4.69) is 41.4 Å². The number of hydrogen-bond acceptors (Lipinski definition) is 3. The smallest absolute Gasteiger partial charge is 0.224 e. The Morgan fingerprint density at radius 3 is 2.79 bits per heavy atom. The number of nitrogens with one attached hydrogen (secondary N) is 1. The molecule has 0 spiro atoms. The van der Waals surface area contributed by atoms with E-state index in [0.29, 0.717) is 26.2 Å². The van der Waals surface area contributed by atoms with Gasteiger partial charge in [-0.25, -0.2) is 4.39 Å². The highest BCUT2D eigenvalue weighted by Gasteiger charge is 2.32. The van der Waals surface area contributed by atoms with Crippen molar-refractivity contribution in [2.75, 3.05) is 33.4 Å². The molecule has 2 aromatic rings. The molecule has 28 heavy (non-hydrogen) atoms. The Hall–Kier alpha value is -2.24. The van der Waals surface area contributed by atoms with Crippen molar-refractivity contribution in [2.45, 2.75) is 25.8 Å². The topological polar surface area (TPSA) is 41.6 Å². The lowest BCUT2D eigenvalue weighted by Crippen LogP contribution is -2.46. The first-order valence-electron chi connectivity index (χ1n) is 9.85. The number of piperidine rings is 1. The number of likely N-dealkylation sites (tertiary alicyclic amines) is 1. The Morgan fingerprint density at radius 2 is 2.04 bits per heavy atom. The molecule has 0 aliphatic carbocycles. The molecule has 1 aliphatic heterocycles. The number of carbonyl (C=O) groups is 1. The van der Waals surface area contributed by atoms with Crippen LogP contribution in [0.4, 0.5) is 4.39 Å². The number of amides is 1. The molecule has 5 heteroatoms. The van der Waals surface area contributed by atoms with Crippen molar-refractivity contribution in [1.29, 1.82) is 0 Å². The van der Waals surface area contributed by atoms with E-state index in [9.17, 15) is 9.18 Å². The Balaban J connectivity index is 1.76. The largest absolute Gasteiger partial charge is 0.383 e. The van der Waals surface area contributed by atoms with Gasteiger partial charge in [0.1, 0.15) is 5.82 Å². The average Bonchev–Trinajstić information content (AvgIpc) is 2.68. The van der Waals surface area contributed by atoms with E-state index in [-0.39, 0.29) is 23.6 Å². The van der Waals surface area contributed by atoms with E-state index in [4.69, 9.17) is 4.74 Å². The minimum atomic E-state index is -0.224. The van der Waals surface area contributed by atoms with Crippen molar-refractivity contribution in [3.8, 4) is 0 Å². The Labute approximate surface area is 166 Å². The molecule has 0 radical (unpaired) electrons. The molecule has 1 amide bonds. The summed E-state index contributed by atoms with van der Waals surface area (Å²) in [5.41, 5.74) is 3.42. The van der Waals surface area contributed by atoms with Crippen molar-refractivity contribution in [1.82, 2.24) is 10.2 Å². The van der Waals surface area contributed by atoms with Crippen LogP contribution in [0.25, 0.3) is 0 Å². The number of hydrogen-bond donors (Lipinski definition) is 1. The number of nitrogens with zero attached hydrogens (tertiary/aromatic N) is 1. The van der Waals surface area contributed by atoms with Crippen LogP contribution < -0.4 is 5.32 Å². The third-order valence-corrected chi connectivity index (χ3v) is 5.31. The summed E-state index contributed by atoms with van der Waals surface area (Å²) in [7, 11) is 1.63. The highest BCUT2D eigenvalue weighted by molar-refractivity contribution is 5.79. The van der Waals surface area contributed by atoms with Crippen molar-refractivity contribution >= 4 is 5.91 Å². The molecule has 2 atom stereocenters. The molecule has 0 aromatic heterocycles. The molecule has 0 saturated carbocycles. The number of carbonyl (C=O) groups excluding carboxylic acids is 1. The van der Waals surface area contributed by atoms with Gasteiger partial charge in [-0.3, -0.25) is 9.69 Å². The van der Waals surface area contributed by atoms with E-state index in [0.717, 1.165) is 18.5 Å². The van der Waals surface area contributed by atoms with E-state index in [1.807, 2.05) is 6.07 Å². The van der Waals surface area contributed by atoms with Crippen molar-refractivity contribution in [3.05, 3.63) is 71.0 Å². The molecule has 4 nitrogen and oxygen atoms in total. The number of halogens is 1. The second-order valence-electron chi connectivity index (χ2n) is 7.65. The van der Waals surface area contributed by atoms with Crippen molar-refractivity contribution in [2.24, 2.45) is 5.92 Å². The standard InChI is InChI=1S/C23H29FN2O2/c1-17-5-3-7-19(11-17)20-13-21(23(27)25-9-10-28-2)16-26(15-20)14-18-6-4-8-22(24)12-18/h3-8,11-12,20-21H,9-10,13-16H2,1-2H3,(H,25,27)/t20-,21-/m0/s1. The lowest BCUT2D eigenvalue weighted by Gasteiger charge is -2.37. The second kappa shape index (κ2) is 9.80. The van der Waals surface area contributed by atoms with Crippen LogP contribution in [0.3, 0.4) is 0 Å². The van der Waals surface area contributed by atoms with E-state index < -0.39 is 0 Å². The molecule has 3 rings (SSSR count). The van der Waals surface area contributed by atoms with Crippen LogP contribution in [-0.4, -0.2) is 44.2 Å². The molecule has 0 bridgehead atoms. The van der Waals surface area contributed by atoms with Crippen molar-refractivity contribution < 1.29 is 13.9 Å². The zero-order valence-corrected chi connectivity index (χ0v) is 16.7. The molecular weight excluding hydrogens is 355 g/mol. The lowest BCUT2D eigenvalue weighted by atomic mass is 9.83. The van der Waals surface area contributed by atoms with Gasteiger partial charge in [-0.05, 0) is 42.5 Å². The van der Waals surface area contributed by atoms with Gasteiger partial charge in [-0.1, -0.05) is 42.0 Å². The van der Waals surface area contributed by atoms with Gasteiger partial charge in [0.25, 0.3) is 0 Å². The number of rotatable bonds is 7. The fourth-order valence-electron chi connectivity index (χ4n) is 3.99. The summed E-state index contributed by atoms with van der Waals surface area (Å²) >= 11 is 0. The molecule has 150 valence electrons. The highest BCUT2D eigenvalue weighted by Crippen LogP contribution is 2.31. The second-order valence-corrected chi connectivity index (χ2v) is 7.65. The molecule has 1 N–H and O–H groups in total. The summed E-state index contributed by atoms with van der Waals surface area (Å²) in [6.45, 7) is 5.30. The predicted octanol–water partition coefficient (Wildman–Crippen LogP) is 3.50. The van der Waals surface area contributed by atoms with Crippen LogP contribution >= 0.6 is 0 Å². The van der Waals surface area contributed by atoms with Gasteiger partial charge in [0, 0.05) is 33.3 Å². The molecule has 0 unspecified atom stereocenters. The number of benzene rings is 2. The number of ether oxygens (including phenoxy) is 1. The van der Waals surface area contributed by atoms with Crippen LogP contribution in [0.15, 0.2) is 48.5 Å². The third-order valence-electron chi connectivity index (χ3n) is 5.31. The van der Waals surface area contributed by atoms with E-state index in [1.54, 1.807) is 19.2 Å². The normalized spacial score (nSPS) is 20.1. The quantitative estimate of drug-likeness (QED) is 0.743. The summed E-state index contributed by atoms with van der Waals surface area (Å²) in [6.07, 6.45) is 0.821. The van der Waals surface area contributed by atoms with Crippen LogP contribution in [-0.2, 0) is 16.1 Å². The fraction of sp³-hybridized carbons (Fsp3) is 0.435. The van der Waals surface area contributed by atoms with Crippen LogP contribution in [0.5, 0.6) is 0 Å².